The minimum Gasteiger partial charge on any atom is -0.490 e. The molecule has 0 aliphatic heterocycles. The maximum Gasteiger partial charge on any atom is 0.175 e. The lowest BCUT2D eigenvalue weighted by Crippen LogP contribution is -2.13. The van der Waals surface area contributed by atoms with E-state index in [9.17, 15) is 0 Å². The summed E-state index contributed by atoms with van der Waals surface area (Å²) in [6.45, 7) is 4.25. The van der Waals surface area contributed by atoms with E-state index in [2.05, 4.69) is 33.4 Å². The molecule has 0 amide bonds. The van der Waals surface area contributed by atoms with Crippen LogP contribution in [-0.4, -0.2) is 6.61 Å². The van der Waals surface area contributed by atoms with Gasteiger partial charge in [-0.25, -0.2) is 0 Å². The fourth-order valence-electron chi connectivity index (χ4n) is 2.89. The maximum atomic E-state index is 6.25. The molecule has 0 radical (unpaired) electrons. The lowest BCUT2D eigenvalue weighted by atomic mass is 10.1. The summed E-state index contributed by atoms with van der Waals surface area (Å²) in [4.78, 5) is 0. The van der Waals surface area contributed by atoms with Gasteiger partial charge in [-0.2, -0.15) is 0 Å². The van der Waals surface area contributed by atoms with Crippen LogP contribution in [-0.2, 0) is 19.7 Å². The van der Waals surface area contributed by atoms with Gasteiger partial charge in [0.15, 0.2) is 11.5 Å². The Morgan fingerprint density at radius 3 is 2.24 bits per heavy atom. The topological polar surface area (TPSA) is 30.5 Å². The van der Waals surface area contributed by atoms with Gasteiger partial charge in [0.2, 0.25) is 0 Å². The van der Waals surface area contributed by atoms with Crippen LogP contribution in [0.15, 0.2) is 65.1 Å². The van der Waals surface area contributed by atoms with E-state index in [4.69, 9.17) is 32.7 Å². The number of halogens is 3. The van der Waals surface area contributed by atoms with Crippen LogP contribution in [0, 0.1) is 0 Å². The van der Waals surface area contributed by atoms with Crippen LogP contribution in [0.2, 0.25) is 10.0 Å². The second-order valence-electron chi connectivity index (χ2n) is 6.42. The molecule has 3 aromatic carbocycles. The molecule has 0 aliphatic rings. The Morgan fingerprint density at radius 1 is 0.862 bits per heavy atom. The summed E-state index contributed by atoms with van der Waals surface area (Å²) >= 11 is 16.1. The predicted octanol–water partition coefficient (Wildman–Crippen LogP) is 7.02. The minimum atomic E-state index is 0.253. The van der Waals surface area contributed by atoms with Gasteiger partial charge in [0.05, 0.1) is 11.1 Å². The first-order valence-corrected chi connectivity index (χ1v) is 10.9. The molecule has 0 aliphatic carbocycles. The Balaban J connectivity index is 1.72. The molecule has 29 heavy (non-hydrogen) atoms. The third-order valence-corrected chi connectivity index (χ3v) is 5.59. The minimum absolute atomic E-state index is 0.253. The Kier molecular flexibility index (Phi) is 8.25. The van der Waals surface area contributed by atoms with Crippen LogP contribution in [0.5, 0.6) is 11.5 Å². The van der Waals surface area contributed by atoms with Gasteiger partial charge in [-0.15, -0.1) is 0 Å². The molecule has 3 aromatic rings. The summed E-state index contributed by atoms with van der Waals surface area (Å²) < 4.78 is 12.7. The molecule has 0 saturated carbocycles. The van der Waals surface area contributed by atoms with Crippen molar-refractivity contribution < 1.29 is 9.47 Å². The Bertz CT molecular complexity index is 931. The van der Waals surface area contributed by atoms with Crippen LogP contribution < -0.4 is 14.8 Å². The first-order chi connectivity index (χ1) is 14.1. The van der Waals surface area contributed by atoms with Gasteiger partial charge >= 0.3 is 0 Å². The lowest BCUT2D eigenvalue weighted by molar-refractivity contribution is 0.267. The molecular formula is C23H22BrCl2NO2. The first kappa shape index (κ1) is 22.0. The Morgan fingerprint density at radius 2 is 1.55 bits per heavy atom. The second-order valence-corrected chi connectivity index (χ2v) is 8.08. The van der Waals surface area contributed by atoms with Crippen molar-refractivity contribution in [1.29, 1.82) is 0 Å². The van der Waals surface area contributed by atoms with Gasteiger partial charge in [-0.3, -0.25) is 0 Å². The standard InChI is InChI=1S/C23H22BrCl2NO2/c1-2-28-22-12-17(14-27-13-16-7-4-3-5-8-16)11-19(24)23(22)29-15-18-20(25)9-6-10-21(18)26/h3-12,27H,2,13-15H2,1H3. The fourth-order valence-corrected chi connectivity index (χ4v) is 4.00. The van der Waals surface area contributed by atoms with Crippen LogP contribution in [0.4, 0.5) is 0 Å². The van der Waals surface area contributed by atoms with Gasteiger partial charge in [-0.05, 0) is 58.2 Å². The van der Waals surface area contributed by atoms with Gasteiger partial charge < -0.3 is 14.8 Å². The zero-order valence-corrected chi connectivity index (χ0v) is 19.2. The molecule has 0 heterocycles. The smallest absolute Gasteiger partial charge is 0.175 e. The molecule has 0 spiro atoms. The summed E-state index contributed by atoms with van der Waals surface area (Å²) in [5.74, 6) is 1.32. The highest BCUT2D eigenvalue weighted by Crippen LogP contribution is 2.38. The van der Waals surface area contributed by atoms with Gasteiger partial charge in [0, 0.05) is 28.7 Å². The molecule has 3 rings (SSSR count). The highest BCUT2D eigenvalue weighted by Gasteiger charge is 2.14. The average Bonchev–Trinajstić information content (AvgIpc) is 2.70. The van der Waals surface area contributed by atoms with E-state index < -0.39 is 0 Å². The van der Waals surface area contributed by atoms with Gasteiger partial charge in [-0.1, -0.05) is 59.6 Å². The van der Waals surface area contributed by atoms with E-state index in [-0.39, 0.29) is 6.61 Å². The van der Waals surface area contributed by atoms with Crippen LogP contribution in [0.1, 0.15) is 23.6 Å². The van der Waals surface area contributed by atoms with E-state index >= 15 is 0 Å². The van der Waals surface area contributed by atoms with E-state index in [0.29, 0.717) is 34.7 Å². The Labute approximate surface area is 190 Å². The SMILES string of the molecule is CCOc1cc(CNCc2ccccc2)cc(Br)c1OCc1c(Cl)cccc1Cl. The number of hydrogen-bond donors (Lipinski definition) is 1. The largest absolute Gasteiger partial charge is 0.490 e. The maximum absolute atomic E-state index is 6.25. The summed E-state index contributed by atoms with van der Waals surface area (Å²) in [5, 5.41) is 4.61. The van der Waals surface area contributed by atoms with Crippen molar-refractivity contribution in [2.45, 2.75) is 26.6 Å². The predicted molar refractivity (Wildman–Crippen MR) is 123 cm³/mol. The van der Waals surface area contributed by atoms with Crippen molar-refractivity contribution in [2.24, 2.45) is 0 Å². The van der Waals surface area contributed by atoms with Crippen LogP contribution in [0.3, 0.4) is 0 Å². The molecule has 1 N–H and O–H groups in total. The molecular weight excluding hydrogens is 473 g/mol. The quantitative estimate of drug-likeness (QED) is 0.346. The number of benzene rings is 3. The Hall–Kier alpha value is -1.72. The highest BCUT2D eigenvalue weighted by molar-refractivity contribution is 9.10. The number of rotatable bonds is 9. The normalized spacial score (nSPS) is 10.8. The van der Waals surface area contributed by atoms with Crippen molar-refractivity contribution in [3.05, 3.63) is 91.9 Å². The lowest BCUT2D eigenvalue weighted by Gasteiger charge is -2.17. The molecule has 0 bridgehead atoms. The monoisotopic (exact) mass is 493 g/mol. The summed E-state index contributed by atoms with van der Waals surface area (Å²) in [7, 11) is 0. The molecule has 0 unspecified atom stereocenters. The van der Waals surface area contributed by atoms with Crippen molar-refractivity contribution >= 4 is 39.1 Å². The highest BCUT2D eigenvalue weighted by atomic mass is 79.9. The third-order valence-electron chi connectivity index (χ3n) is 4.29. The zero-order valence-electron chi connectivity index (χ0n) is 16.1. The van der Waals surface area contributed by atoms with Crippen molar-refractivity contribution in [2.75, 3.05) is 6.61 Å². The zero-order chi connectivity index (χ0) is 20.6. The van der Waals surface area contributed by atoms with E-state index in [1.807, 2.05) is 43.3 Å². The second kappa shape index (κ2) is 10.9. The van der Waals surface area contributed by atoms with Gasteiger partial charge in [0.1, 0.15) is 6.61 Å². The molecule has 152 valence electrons. The van der Waals surface area contributed by atoms with Crippen molar-refractivity contribution in [3.8, 4) is 11.5 Å². The van der Waals surface area contributed by atoms with Crippen LogP contribution in [0.25, 0.3) is 0 Å². The van der Waals surface area contributed by atoms with Crippen molar-refractivity contribution in [1.82, 2.24) is 5.32 Å². The molecule has 3 nitrogen and oxygen atoms in total. The molecule has 0 saturated heterocycles. The summed E-state index contributed by atoms with van der Waals surface area (Å²) in [6.07, 6.45) is 0. The first-order valence-electron chi connectivity index (χ1n) is 9.34. The summed E-state index contributed by atoms with van der Waals surface area (Å²) in [6, 6.07) is 19.7. The van der Waals surface area contributed by atoms with E-state index in [0.717, 1.165) is 22.1 Å². The average molecular weight is 495 g/mol. The van der Waals surface area contributed by atoms with E-state index in [1.165, 1.54) is 5.56 Å². The fraction of sp³-hybridized carbons (Fsp3) is 0.217. The van der Waals surface area contributed by atoms with Gasteiger partial charge in [0.25, 0.3) is 0 Å². The number of hydrogen-bond acceptors (Lipinski definition) is 3. The van der Waals surface area contributed by atoms with Crippen molar-refractivity contribution in [3.63, 3.8) is 0 Å². The number of nitrogens with one attached hydrogen (secondary N) is 1. The molecule has 0 aromatic heterocycles. The van der Waals surface area contributed by atoms with E-state index in [1.54, 1.807) is 12.1 Å². The van der Waals surface area contributed by atoms with Crippen LogP contribution >= 0.6 is 39.1 Å². The molecule has 0 fully saturated rings. The molecule has 6 heteroatoms. The summed E-state index contributed by atoms with van der Waals surface area (Å²) in [5.41, 5.74) is 3.09. The third kappa shape index (κ3) is 6.13. The number of ether oxygens (including phenoxy) is 2. The molecule has 0 atom stereocenters.